The molecular weight excluding hydrogens is 379 g/mol. The molecule has 1 aromatic rings. The molecule has 144 valence electrons. The van der Waals surface area contributed by atoms with E-state index in [0.717, 1.165) is 25.7 Å². The number of carbonyl (C=O) groups is 2. The fraction of sp³-hybridized carbons (Fsp3) is 0.588. The Kier molecular flexibility index (Phi) is 6.24. The lowest BCUT2D eigenvalue weighted by molar-refractivity contribution is 0.0556. The predicted octanol–water partition coefficient (Wildman–Crippen LogP) is 3.99. The minimum absolute atomic E-state index is 0.00266. The van der Waals surface area contributed by atoms with Crippen LogP contribution in [0.25, 0.3) is 0 Å². The van der Waals surface area contributed by atoms with Gasteiger partial charge in [0.25, 0.3) is 5.91 Å². The number of carbonyl (C=O) groups excluding carboxylic acids is 1. The first-order valence-corrected chi connectivity index (χ1v) is 9.21. The minimum Gasteiger partial charge on any atom is -0.465 e. The van der Waals surface area contributed by atoms with Crippen LogP contribution >= 0.6 is 23.2 Å². The van der Waals surface area contributed by atoms with E-state index in [9.17, 15) is 14.7 Å². The molecule has 0 saturated heterocycles. The number of rotatable bonds is 4. The van der Waals surface area contributed by atoms with Crippen LogP contribution in [0.5, 0.6) is 0 Å². The number of primary amides is 1. The molecule has 0 atom stereocenters. The standard InChI is InChI=1S/C17H24Cl2N4O3/c1-17(2,3)23(16(25)26)10-6-4-9(5-7-10)21-15-12(18)8-11(14(20)24)13(19)22-15/h8-10H,4-7H2,1-3H3,(H2,20,24)(H,21,22)(H,25,26)/t9-,10-. The van der Waals surface area contributed by atoms with Crippen molar-refractivity contribution in [2.75, 3.05) is 5.32 Å². The van der Waals surface area contributed by atoms with Crippen molar-refractivity contribution in [3.63, 3.8) is 0 Å². The van der Waals surface area contributed by atoms with Crippen LogP contribution in [0, 0.1) is 0 Å². The maximum atomic E-state index is 11.6. The van der Waals surface area contributed by atoms with Crippen molar-refractivity contribution < 1.29 is 14.7 Å². The van der Waals surface area contributed by atoms with E-state index in [1.807, 2.05) is 20.8 Å². The summed E-state index contributed by atoms with van der Waals surface area (Å²) >= 11 is 12.1. The smallest absolute Gasteiger partial charge is 0.407 e. The highest BCUT2D eigenvalue weighted by Crippen LogP contribution is 2.32. The number of nitrogens with zero attached hydrogens (tertiary/aromatic N) is 2. The van der Waals surface area contributed by atoms with Crippen LogP contribution < -0.4 is 11.1 Å². The molecule has 0 bridgehead atoms. The van der Waals surface area contributed by atoms with Crippen LogP contribution in [0.4, 0.5) is 10.6 Å². The van der Waals surface area contributed by atoms with Gasteiger partial charge < -0.3 is 21.1 Å². The highest BCUT2D eigenvalue weighted by Gasteiger charge is 2.35. The quantitative estimate of drug-likeness (QED) is 0.659. The molecule has 1 aliphatic carbocycles. The Balaban J connectivity index is 2.04. The Morgan fingerprint density at radius 3 is 2.31 bits per heavy atom. The summed E-state index contributed by atoms with van der Waals surface area (Å²) in [5, 5.41) is 13.0. The van der Waals surface area contributed by atoms with Crippen molar-refractivity contribution in [2.24, 2.45) is 5.73 Å². The van der Waals surface area contributed by atoms with Gasteiger partial charge in [-0.25, -0.2) is 9.78 Å². The highest BCUT2D eigenvalue weighted by molar-refractivity contribution is 6.36. The summed E-state index contributed by atoms with van der Waals surface area (Å²) in [5.74, 6) is -0.288. The van der Waals surface area contributed by atoms with E-state index in [-0.39, 0.29) is 27.8 Å². The van der Waals surface area contributed by atoms with Gasteiger partial charge in [0, 0.05) is 17.6 Å². The number of nitrogens with two attached hydrogens (primary N) is 1. The van der Waals surface area contributed by atoms with Crippen LogP contribution in [0.1, 0.15) is 56.8 Å². The molecule has 2 amide bonds. The summed E-state index contributed by atoms with van der Waals surface area (Å²) in [5.41, 5.74) is 4.86. The zero-order chi connectivity index (χ0) is 19.6. The second-order valence-corrected chi connectivity index (χ2v) is 8.26. The molecule has 1 saturated carbocycles. The van der Waals surface area contributed by atoms with Gasteiger partial charge in [0.15, 0.2) is 0 Å². The van der Waals surface area contributed by atoms with Crippen LogP contribution in [0.15, 0.2) is 6.07 Å². The van der Waals surface area contributed by atoms with Crippen molar-refractivity contribution in [3.05, 3.63) is 21.8 Å². The van der Waals surface area contributed by atoms with Crippen molar-refractivity contribution in [1.29, 1.82) is 0 Å². The van der Waals surface area contributed by atoms with Crippen molar-refractivity contribution in [1.82, 2.24) is 9.88 Å². The van der Waals surface area contributed by atoms with Gasteiger partial charge in [-0.1, -0.05) is 23.2 Å². The minimum atomic E-state index is -0.896. The molecule has 26 heavy (non-hydrogen) atoms. The van der Waals surface area contributed by atoms with Gasteiger partial charge in [0.2, 0.25) is 0 Å². The Labute approximate surface area is 162 Å². The largest absolute Gasteiger partial charge is 0.465 e. The lowest BCUT2D eigenvalue weighted by atomic mass is 9.88. The Morgan fingerprint density at radius 1 is 1.27 bits per heavy atom. The number of halogens is 2. The lowest BCUT2D eigenvalue weighted by Crippen LogP contribution is -2.52. The van der Waals surface area contributed by atoms with Gasteiger partial charge >= 0.3 is 6.09 Å². The third-order valence-corrected chi connectivity index (χ3v) is 5.10. The predicted molar refractivity (Wildman–Crippen MR) is 102 cm³/mol. The number of hydrogen-bond acceptors (Lipinski definition) is 4. The number of nitrogens with one attached hydrogen (secondary N) is 1. The van der Waals surface area contributed by atoms with Crippen LogP contribution in [0.2, 0.25) is 10.2 Å². The van der Waals surface area contributed by atoms with Gasteiger partial charge in [-0.15, -0.1) is 0 Å². The molecule has 1 heterocycles. The third kappa shape index (κ3) is 4.71. The van der Waals surface area contributed by atoms with E-state index in [1.165, 1.54) is 11.0 Å². The van der Waals surface area contributed by atoms with E-state index in [4.69, 9.17) is 28.9 Å². The average Bonchev–Trinajstić information content (AvgIpc) is 2.50. The van der Waals surface area contributed by atoms with Crippen molar-refractivity contribution >= 4 is 41.0 Å². The molecule has 1 aliphatic rings. The zero-order valence-electron chi connectivity index (χ0n) is 15.1. The summed E-state index contributed by atoms with van der Waals surface area (Å²) in [7, 11) is 0. The third-order valence-electron chi connectivity index (χ3n) is 4.53. The number of aromatic nitrogens is 1. The van der Waals surface area contributed by atoms with E-state index in [1.54, 1.807) is 0 Å². The van der Waals surface area contributed by atoms with Crippen LogP contribution in [-0.2, 0) is 0 Å². The topological polar surface area (TPSA) is 109 Å². The number of amides is 2. The van der Waals surface area contributed by atoms with Crippen molar-refractivity contribution in [3.8, 4) is 0 Å². The van der Waals surface area contributed by atoms with Gasteiger partial charge in [-0.2, -0.15) is 0 Å². The van der Waals surface area contributed by atoms with Gasteiger partial charge in [-0.05, 0) is 52.5 Å². The molecule has 4 N–H and O–H groups in total. The van der Waals surface area contributed by atoms with Gasteiger partial charge in [0.05, 0.1) is 10.6 Å². The van der Waals surface area contributed by atoms with E-state index in [2.05, 4.69) is 10.3 Å². The fourth-order valence-electron chi connectivity index (χ4n) is 3.40. The van der Waals surface area contributed by atoms with Crippen molar-refractivity contribution in [2.45, 2.75) is 64.1 Å². The van der Waals surface area contributed by atoms with Crippen LogP contribution in [-0.4, -0.2) is 44.6 Å². The Hall–Kier alpha value is -1.73. The SMILES string of the molecule is CC(C)(C)N(C(=O)O)[C@H]1CC[C@H](Nc2nc(Cl)c(C(N)=O)cc2Cl)CC1. The molecule has 0 spiro atoms. The number of hydrogen-bond donors (Lipinski definition) is 3. The number of carboxylic acid groups (broad SMARTS) is 1. The highest BCUT2D eigenvalue weighted by atomic mass is 35.5. The molecule has 2 rings (SSSR count). The molecule has 7 nitrogen and oxygen atoms in total. The summed E-state index contributed by atoms with van der Waals surface area (Å²) in [6.07, 6.45) is 2.14. The lowest BCUT2D eigenvalue weighted by Gasteiger charge is -2.42. The summed E-state index contributed by atoms with van der Waals surface area (Å²) in [4.78, 5) is 28.6. The molecule has 9 heteroatoms. The Bertz CT molecular complexity index is 698. The van der Waals surface area contributed by atoms with Gasteiger partial charge in [0.1, 0.15) is 11.0 Å². The fourth-order valence-corrected chi connectivity index (χ4v) is 3.84. The second-order valence-electron chi connectivity index (χ2n) is 7.49. The molecule has 0 unspecified atom stereocenters. The van der Waals surface area contributed by atoms with E-state index in [0.29, 0.717) is 5.82 Å². The first-order valence-electron chi connectivity index (χ1n) is 8.45. The summed E-state index contributed by atoms with van der Waals surface area (Å²) in [6, 6.07) is 1.48. The molecule has 0 aliphatic heterocycles. The maximum absolute atomic E-state index is 11.6. The maximum Gasteiger partial charge on any atom is 0.407 e. The molecular formula is C17H24Cl2N4O3. The average molecular weight is 403 g/mol. The Morgan fingerprint density at radius 2 is 1.85 bits per heavy atom. The first kappa shape index (κ1) is 20.6. The van der Waals surface area contributed by atoms with Gasteiger partial charge in [-0.3, -0.25) is 4.79 Å². The molecule has 1 aromatic heterocycles. The summed E-state index contributed by atoms with van der Waals surface area (Å²) < 4.78 is 0. The second kappa shape index (κ2) is 7.88. The zero-order valence-corrected chi connectivity index (χ0v) is 16.6. The normalized spacial score (nSPS) is 20.5. The van der Waals surface area contributed by atoms with Crippen LogP contribution in [0.3, 0.4) is 0 Å². The molecule has 1 fully saturated rings. The monoisotopic (exact) mass is 402 g/mol. The number of anilines is 1. The first-order chi connectivity index (χ1) is 12.0. The molecule has 0 aromatic carbocycles. The van der Waals surface area contributed by atoms with E-state index >= 15 is 0 Å². The molecule has 0 radical (unpaired) electrons. The number of pyridine rings is 1. The summed E-state index contributed by atoms with van der Waals surface area (Å²) in [6.45, 7) is 5.70. The van der Waals surface area contributed by atoms with E-state index < -0.39 is 17.5 Å².